The second-order valence-corrected chi connectivity index (χ2v) is 4.25. The molecule has 78 valence electrons. The highest BCUT2D eigenvalue weighted by Gasteiger charge is 2.19. The van der Waals surface area contributed by atoms with Crippen LogP contribution in [0.2, 0.25) is 0 Å². The molecule has 1 atom stereocenters. The quantitative estimate of drug-likeness (QED) is 0.852. The maximum atomic E-state index is 5.81. The predicted molar refractivity (Wildman–Crippen MR) is 64.0 cm³/mol. The van der Waals surface area contributed by atoms with E-state index in [4.69, 9.17) is 5.73 Å². The van der Waals surface area contributed by atoms with Gasteiger partial charge in [0.05, 0.1) is 0 Å². The molecule has 5 heteroatoms. The van der Waals surface area contributed by atoms with Gasteiger partial charge < -0.3 is 10.6 Å². The smallest absolute Gasteiger partial charge is 0.128 e. The molecular formula is C9H13BrClN3. The molecule has 1 saturated heterocycles. The fourth-order valence-corrected chi connectivity index (χ4v) is 1.79. The van der Waals surface area contributed by atoms with Gasteiger partial charge in [-0.2, -0.15) is 0 Å². The molecule has 2 N–H and O–H groups in total. The number of halogens is 2. The molecule has 0 saturated carbocycles. The predicted octanol–water partition coefficient (Wildman–Crippen LogP) is 1.80. The lowest BCUT2D eigenvalue weighted by molar-refractivity contribution is 0.751. The van der Waals surface area contributed by atoms with Crippen LogP contribution >= 0.6 is 28.3 Å². The first-order valence-electron chi connectivity index (χ1n) is 4.38. The van der Waals surface area contributed by atoms with Crippen molar-refractivity contribution in [3.63, 3.8) is 0 Å². The minimum Gasteiger partial charge on any atom is -0.355 e. The topological polar surface area (TPSA) is 42.1 Å². The van der Waals surface area contributed by atoms with E-state index in [0.717, 1.165) is 29.8 Å². The molecule has 1 aromatic heterocycles. The molecule has 1 fully saturated rings. The number of aromatic nitrogens is 1. The van der Waals surface area contributed by atoms with Crippen LogP contribution in [0.1, 0.15) is 6.42 Å². The average molecular weight is 279 g/mol. The summed E-state index contributed by atoms with van der Waals surface area (Å²) in [5.74, 6) is 1.02. The standard InChI is InChI=1S/C9H12BrN3.ClH/c10-7-1-2-9(12-5-7)13-4-3-8(11)6-13;/h1-2,5,8H,3-4,6,11H2;1H. The van der Waals surface area contributed by atoms with Crippen LogP contribution in [0.4, 0.5) is 5.82 Å². The third kappa shape index (κ3) is 2.59. The van der Waals surface area contributed by atoms with E-state index >= 15 is 0 Å². The van der Waals surface area contributed by atoms with Crippen molar-refractivity contribution < 1.29 is 0 Å². The minimum atomic E-state index is 0. The van der Waals surface area contributed by atoms with E-state index < -0.39 is 0 Å². The van der Waals surface area contributed by atoms with Crippen molar-refractivity contribution in [2.45, 2.75) is 12.5 Å². The summed E-state index contributed by atoms with van der Waals surface area (Å²) >= 11 is 3.36. The molecule has 1 aliphatic rings. The molecule has 0 amide bonds. The van der Waals surface area contributed by atoms with Crippen molar-refractivity contribution in [2.75, 3.05) is 18.0 Å². The van der Waals surface area contributed by atoms with E-state index in [1.807, 2.05) is 18.3 Å². The van der Waals surface area contributed by atoms with Gasteiger partial charge in [0, 0.05) is 29.8 Å². The fraction of sp³-hybridized carbons (Fsp3) is 0.444. The number of nitrogens with zero attached hydrogens (tertiary/aromatic N) is 2. The molecular weight excluding hydrogens is 265 g/mol. The number of anilines is 1. The van der Waals surface area contributed by atoms with Crippen LogP contribution in [0.5, 0.6) is 0 Å². The normalized spacial score (nSPS) is 20.7. The Bertz CT molecular complexity index is 291. The van der Waals surface area contributed by atoms with E-state index in [1.54, 1.807) is 0 Å². The minimum absolute atomic E-state index is 0. The van der Waals surface area contributed by atoms with Crippen LogP contribution in [0.25, 0.3) is 0 Å². The Morgan fingerprint density at radius 3 is 2.79 bits per heavy atom. The van der Waals surface area contributed by atoms with E-state index in [1.165, 1.54) is 0 Å². The molecule has 3 nitrogen and oxygen atoms in total. The van der Waals surface area contributed by atoms with Crippen molar-refractivity contribution in [1.82, 2.24) is 4.98 Å². The molecule has 1 aliphatic heterocycles. The van der Waals surface area contributed by atoms with Crippen LogP contribution in [0.15, 0.2) is 22.8 Å². The third-order valence-electron chi connectivity index (χ3n) is 2.26. The summed E-state index contributed by atoms with van der Waals surface area (Å²) < 4.78 is 1.01. The third-order valence-corrected chi connectivity index (χ3v) is 2.73. The van der Waals surface area contributed by atoms with Crippen LogP contribution in [-0.2, 0) is 0 Å². The summed E-state index contributed by atoms with van der Waals surface area (Å²) in [7, 11) is 0. The van der Waals surface area contributed by atoms with Crippen LogP contribution in [0, 0.1) is 0 Å². The van der Waals surface area contributed by atoms with Gasteiger partial charge in [0.25, 0.3) is 0 Å². The molecule has 2 rings (SSSR count). The molecule has 14 heavy (non-hydrogen) atoms. The number of hydrogen-bond donors (Lipinski definition) is 1. The largest absolute Gasteiger partial charge is 0.355 e. The zero-order chi connectivity index (χ0) is 9.26. The summed E-state index contributed by atoms with van der Waals surface area (Å²) in [6.45, 7) is 1.95. The maximum absolute atomic E-state index is 5.81. The molecule has 2 heterocycles. The Morgan fingerprint density at radius 2 is 2.29 bits per heavy atom. The van der Waals surface area contributed by atoms with E-state index in [9.17, 15) is 0 Å². The van der Waals surface area contributed by atoms with Gasteiger partial charge in [-0.15, -0.1) is 12.4 Å². The van der Waals surface area contributed by atoms with Crippen molar-refractivity contribution in [1.29, 1.82) is 0 Å². The zero-order valence-electron chi connectivity index (χ0n) is 7.69. The first kappa shape index (κ1) is 11.8. The summed E-state index contributed by atoms with van der Waals surface area (Å²) in [4.78, 5) is 6.54. The average Bonchev–Trinajstić information content (AvgIpc) is 2.53. The van der Waals surface area contributed by atoms with Crippen molar-refractivity contribution in [3.8, 4) is 0 Å². The lowest BCUT2D eigenvalue weighted by Gasteiger charge is -2.16. The van der Waals surface area contributed by atoms with Gasteiger partial charge in [-0.25, -0.2) is 4.98 Å². The molecule has 0 bridgehead atoms. The highest BCUT2D eigenvalue weighted by Crippen LogP contribution is 2.18. The Balaban J connectivity index is 0.000000980. The van der Waals surface area contributed by atoms with E-state index in [0.29, 0.717) is 6.04 Å². The summed E-state index contributed by atoms with van der Waals surface area (Å²) in [5.41, 5.74) is 5.81. The van der Waals surface area contributed by atoms with Gasteiger partial charge in [-0.1, -0.05) is 0 Å². The van der Waals surface area contributed by atoms with Gasteiger partial charge >= 0.3 is 0 Å². The van der Waals surface area contributed by atoms with Crippen molar-refractivity contribution in [2.24, 2.45) is 5.73 Å². The lowest BCUT2D eigenvalue weighted by Crippen LogP contribution is -2.26. The number of hydrogen-bond acceptors (Lipinski definition) is 3. The Morgan fingerprint density at radius 1 is 1.50 bits per heavy atom. The lowest BCUT2D eigenvalue weighted by atomic mass is 10.3. The van der Waals surface area contributed by atoms with E-state index in [2.05, 4.69) is 25.8 Å². The first-order valence-corrected chi connectivity index (χ1v) is 5.17. The van der Waals surface area contributed by atoms with Gasteiger partial charge in [0.2, 0.25) is 0 Å². The second kappa shape index (κ2) is 4.96. The molecule has 0 radical (unpaired) electrons. The van der Waals surface area contributed by atoms with Gasteiger partial charge in [-0.05, 0) is 34.5 Å². The van der Waals surface area contributed by atoms with Gasteiger partial charge in [-0.3, -0.25) is 0 Å². The highest BCUT2D eigenvalue weighted by molar-refractivity contribution is 9.10. The Hall–Kier alpha value is -0.320. The van der Waals surface area contributed by atoms with Crippen molar-refractivity contribution in [3.05, 3.63) is 22.8 Å². The Labute approximate surface area is 98.2 Å². The maximum Gasteiger partial charge on any atom is 0.128 e. The highest BCUT2D eigenvalue weighted by atomic mass is 79.9. The van der Waals surface area contributed by atoms with Gasteiger partial charge in [0.1, 0.15) is 5.82 Å². The first-order chi connectivity index (χ1) is 6.25. The van der Waals surface area contributed by atoms with Crippen LogP contribution in [-0.4, -0.2) is 24.1 Å². The van der Waals surface area contributed by atoms with Crippen molar-refractivity contribution >= 4 is 34.2 Å². The molecule has 0 aromatic carbocycles. The van der Waals surface area contributed by atoms with Crippen LogP contribution < -0.4 is 10.6 Å². The summed E-state index contributed by atoms with van der Waals surface area (Å²) in [6, 6.07) is 4.33. The van der Waals surface area contributed by atoms with E-state index in [-0.39, 0.29) is 12.4 Å². The number of nitrogens with two attached hydrogens (primary N) is 1. The SMILES string of the molecule is Cl.NC1CCN(c2ccc(Br)cn2)C1. The number of pyridine rings is 1. The number of rotatable bonds is 1. The molecule has 1 aromatic rings. The molecule has 1 unspecified atom stereocenters. The zero-order valence-corrected chi connectivity index (χ0v) is 10.1. The second-order valence-electron chi connectivity index (χ2n) is 3.33. The molecule has 0 aliphatic carbocycles. The molecule has 0 spiro atoms. The summed E-state index contributed by atoms with van der Waals surface area (Å²) in [6.07, 6.45) is 2.89. The summed E-state index contributed by atoms with van der Waals surface area (Å²) in [5, 5.41) is 0. The fourth-order valence-electron chi connectivity index (χ4n) is 1.55. The Kier molecular flexibility index (Phi) is 4.16. The van der Waals surface area contributed by atoms with Crippen LogP contribution in [0.3, 0.4) is 0 Å². The van der Waals surface area contributed by atoms with Gasteiger partial charge in [0.15, 0.2) is 0 Å². The monoisotopic (exact) mass is 277 g/mol.